The molecule has 0 amide bonds. The SMILES string of the molecule is CCN1CCN(C[C@@H](C)CNc2ncnc3nc(N)ccc23)CC1. The van der Waals surface area contributed by atoms with Crippen LogP contribution in [-0.4, -0.2) is 70.6 Å². The zero-order chi connectivity index (χ0) is 16.9. The van der Waals surface area contributed by atoms with Crippen molar-refractivity contribution in [1.82, 2.24) is 24.8 Å². The summed E-state index contributed by atoms with van der Waals surface area (Å²) in [6.45, 7) is 12.3. The van der Waals surface area contributed by atoms with E-state index in [1.165, 1.54) is 19.4 Å². The van der Waals surface area contributed by atoms with Crippen molar-refractivity contribution in [2.75, 3.05) is 56.9 Å². The van der Waals surface area contributed by atoms with Crippen LogP contribution >= 0.6 is 0 Å². The van der Waals surface area contributed by atoms with Gasteiger partial charge in [-0.05, 0) is 24.6 Å². The molecule has 0 bridgehead atoms. The van der Waals surface area contributed by atoms with Gasteiger partial charge in [0.1, 0.15) is 18.0 Å². The lowest BCUT2D eigenvalue weighted by Crippen LogP contribution is -2.47. The van der Waals surface area contributed by atoms with E-state index in [0.717, 1.165) is 43.9 Å². The second-order valence-corrected chi connectivity index (χ2v) is 6.55. The molecule has 1 aliphatic rings. The molecule has 0 radical (unpaired) electrons. The third-order valence-electron chi connectivity index (χ3n) is 4.62. The summed E-state index contributed by atoms with van der Waals surface area (Å²) in [5.74, 6) is 1.85. The summed E-state index contributed by atoms with van der Waals surface area (Å²) in [6.07, 6.45) is 1.53. The molecular weight excluding hydrogens is 302 g/mol. The molecule has 2 aromatic rings. The Morgan fingerprint density at radius 2 is 1.92 bits per heavy atom. The normalized spacial score (nSPS) is 17.9. The Labute approximate surface area is 143 Å². The van der Waals surface area contributed by atoms with Gasteiger partial charge in [0.05, 0.1) is 5.39 Å². The van der Waals surface area contributed by atoms with Crippen LogP contribution in [0.25, 0.3) is 11.0 Å². The van der Waals surface area contributed by atoms with Gasteiger partial charge in [-0.3, -0.25) is 0 Å². The highest BCUT2D eigenvalue weighted by atomic mass is 15.3. The third-order valence-corrected chi connectivity index (χ3v) is 4.62. The average molecular weight is 329 g/mol. The van der Waals surface area contributed by atoms with E-state index >= 15 is 0 Å². The van der Waals surface area contributed by atoms with Gasteiger partial charge in [-0.15, -0.1) is 0 Å². The molecule has 3 N–H and O–H groups in total. The van der Waals surface area contributed by atoms with Crippen molar-refractivity contribution in [3.63, 3.8) is 0 Å². The van der Waals surface area contributed by atoms with E-state index in [1.54, 1.807) is 6.07 Å². The molecule has 24 heavy (non-hydrogen) atoms. The van der Waals surface area contributed by atoms with Gasteiger partial charge in [0.2, 0.25) is 0 Å². The van der Waals surface area contributed by atoms with Gasteiger partial charge in [-0.25, -0.2) is 15.0 Å². The number of nitrogens with one attached hydrogen (secondary N) is 1. The molecule has 0 saturated carbocycles. The zero-order valence-electron chi connectivity index (χ0n) is 14.6. The lowest BCUT2D eigenvalue weighted by atomic mass is 10.1. The second-order valence-electron chi connectivity index (χ2n) is 6.55. The first-order chi connectivity index (χ1) is 11.7. The van der Waals surface area contributed by atoms with Gasteiger partial charge in [0.15, 0.2) is 5.65 Å². The minimum absolute atomic E-state index is 0.478. The Hall–Kier alpha value is -1.99. The molecule has 3 heterocycles. The lowest BCUT2D eigenvalue weighted by molar-refractivity contribution is 0.126. The van der Waals surface area contributed by atoms with E-state index < -0.39 is 0 Å². The number of hydrogen-bond donors (Lipinski definition) is 2. The highest BCUT2D eigenvalue weighted by Crippen LogP contribution is 2.19. The summed E-state index contributed by atoms with van der Waals surface area (Å²) in [7, 11) is 0. The first-order valence-corrected chi connectivity index (χ1v) is 8.71. The van der Waals surface area contributed by atoms with Crippen LogP contribution in [0.15, 0.2) is 18.5 Å². The van der Waals surface area contributed by atoms with Gasteiger partial charge in [-0.2, -0.15) is 0 Å². The fraction of sp³-hybridized carbons (Fsp3) is 0.588. The summed E-state index contributed by atoms with van der Waals surface area (Å²) < 4.78 is 0. The Bertz CT molecular complexity index is 667. The summed E-state index contributed by atoms with van der Waals surface area (Å²) in [6, 6.07) is 3.71. The minimum Gasteiger partial charge on any atom is -0.384 e. The monoisotopic (exact) mass is 329 g/mol. The molecule has 0 unspecified atom stereocenters. The molecule has 3 rings (SSSR count). The van der Waals surface area contributed by atoms with Crippen molar-refractivity contribution in [2.24, 2.45) is 5.92 Å². The summed E-state index contributed by atoms with van der Waals surface area (Å²) >= 11 is 0. The van der Waals surface area contributed by atoms with Crippen LogP contribution in [0.2, 0.25) is 0 Å². The van der Waals surface area contributed by atoms with E-state index in [0.29, 0.717) is 17.4 Å². The van der Waals surface area contributed by atoms with Crippen molar-refractivity contribution in [3.05, 3.63) is 18.5 Å². The van der Waals surface area contributed by atoms with Gasteiger partial charge in [0.25, 0.3) is 0 Å². The number of nitrogens with two attached hydrogens (primary N) is 1. The summed E-state index contributed by atoms with van der Waals surface area (Å²) in [5.41, 5.74) is 6.35. The topological polar surface area (TPSA) is 83.2 Å². The maximum absolute atomic E-state index is 5.72. The molecule has 1 fully saturated rings. The van der Waals surface area contributed by atoms with E-state index in [-0.39, 0.29) is 0 Å². The molecule has 130 valence electrons. The van der Waals surface area contributed by atoms with Crippen molar-refractivity contribution >= 4 is 22.7 Å². The van der Waals surface area contributed by atoms with E-state index in [2.05, 4.69) is 43.9 Å². The molecular formula is C17H27N7. The van der Waals surface area contributed by atoms with Crippen LogP contribution < -0.4 is 11.1 Å². The van der Waals surface area contributed by atoms with Crippen LogP contribution in [0.1, 0.15) is 13.8 Å². The predicted octanol–water partition coefficient (Wildman–Crippen LogP) is 1.29. The van der Waals surface area contributed by atoms with Gasteiger partial charge in [-0.1, -0.05) is 13.8 Å². The zero-order valence-corrected chi connectivity index (χ0v) is 14.6. The van der Waals surface area contributed by atoms with Gasteiger partial charge < -0.3 is 20.9 Å². The lowest BCUT2D eigenvalue weighted by Gasteiger charge is -2.35. The molecule has 7 heteroatoms. The Morgan fingerprint density at radius 3 is 2.67 bits per heavy atom. The second kappa shape index (κ2) is 7.72. The largest absolute Gasteiger partial charge is 0.384 e. The molecule has 2 aromatic heterocycles. The third kappa shape index (κ3) is 4.10. The number of nitrogens with zero attached hydrogens (tertiary/aromatic N) is 5. The molecule has 0 aromatic carbocycles. The van der Waals surface area contributed by atoms with Crippen molar-refractivity contribution in [2.45, 2.75) is 13.8 Å². The Kier molecular flexibility index (Phi) is 5.42. The number of pyridine rings is 1. The molecule has 1 aliphatic heterocycles. The number of fused-ring (bicyclic) bond motifs is 1. The molecule has 1 saturated heterocycles. The van der Waals surface area contributed by atoms with E-state index in [9.17, 15) is 0 Å². The van der Waals surface area contributed by atoms with Crippen LogP contribution in [0.5, 0.6) is 0 Å². The number of aromatic nitrogens is 3. The van der Waals surface area contributed by atoms with E-state index in [1.807, 2.05) is 6.07 Å². The first-order valence-electron chi connectivity index (χ1n) is 8.71. The number of piperazine rings is 1. The summed E-state index contributed by atoms with van der Waals surface area (Å²) in [5, 5.41) is 4.36. The van der Waals surface area contributed by atoms with Crippen LogP contribution in [-0.2, 0) is 0 Å². The standard InChI is InChI=1S/C17H27N7/c1-3-23-6-8-24(9-7-23)11-13(2)10-19-16-14-4-5-15(18)22-17(14)21-12-20-16/h4-5,12-13H,3,6-11H2,1-2H3,(H3,18,19,20,21,22)/t13-/m0/s1. The van der Waals surface area contributed by atoms with E-state index in [4.69, 9.17) is 5.73 Å². The average Bonchev–Trinajstić information content (AvgIpc) is 2.60. The number of likely N-dealkylation sites (N-methyl/N-ethyl adjacent to an activating group) is 1. The maximum atomic E-state index is 5.72. The van der Waals surface area contributed by atoms with Crippen LogP contribution in [0.3, 0.4) is 0 Å². The van der Waals surface area contributed by atoms with Crippen LogP contribution in [0, 0.1) is 5.92 Å². The molecule has 1 atom stereocenters. The molecule has 7 nitrogen and oxygen atoms in total. The fourth-order valence-corrected chi connectivity index (χ4v) is 3.16. The van der Waals surface area contributed by atoms with Crippen LogP contribution in [0.4, 0.5) is 11.6 Å². The van der Waals surface area contributed by atoms with Crippen molar-refractivity contribution < 1.29 is 0 Å². The molecule has 0 spiro atoms. The van der Waals surface area contributed by atoms with Crippen molar-refractivity contribution in [1.29, 1.82) is 0 Å². The highest BCUT2D eigenvalue weighted by molar-refractivity contribution is 5.86. The minimum atomic E-state index is 0.478. The predicted molar refractivity (Wildman–Crippen MR) is 98.0 cm³/mol. The highest BCUT2D eigenvalue weighted by Gasteiger charge is 2.17. The number of anilines is 2. The smallest absolute Gasteiger partial charge is 0.166 e. The number of hydrogen-bond acceptors (Lipinski definition) is 7. The molecule has 0 aliphatic carbocycles. The maximum Gasteiger partial charge on any atom is 0.166 e. The fourth-order valence-electron chi connectivity index (χ4n) is 3.16. The van der Waals surface area contributed by atoms with Gasteiger partial charge in [0, 0.05) is 39.3 Å². The summed E-state index contributed by atoms with van der Waals surface area (Å²) in [4.78, 5) is 17.8. The Morgan fingerprint density at radius 1 is 1.17 bits per heavy atom. The van der Waals surface area contributed by atoms with Gasteiger partial charge >= 0.3 is 0 Å². The quantitative estimate of drug-likeness (QED) is 0.826. The number of rotatable bonds is 6. The Balaban J connectivity index is 1.54. The first kappa shape index (κ1) is 16.9. The van der Waals surface area contributed by atoms with Crippen molar-refractivity contribution in [3.8, 4) is 0 Å². The number of nitrogen functional groups attached to an aromatic ring is 1.